The molecule has 1 saturated carbocycles. The van der Waals surface area contributed by atoms with E-state index in [1.807, 2.05) is 48.0 Å². The maximum absolute atomic E-state index is 10.6. The highest BCUT2D eigenvalue weighted by molar-refractivity contribution is 6.36. The van der Waals surface area contributed by atoms with Crippen LogP contribution in [0.5, 0.6) is 0 Å². The van der Waals surface area contributed by atoms with Gasteiger partial charge in [0.1, 0.15) is 0 Å². The Bertz CT molecular complexity index is 1010. The van der Waals surface area contributed by atoms with Gasteiger partial charge in [-0.2, -0.15) is 0 Å². The Hall–Kier alpha value is -2.01. The van der Waals surface area contributed by atoms with Gasteiger partial charge in [0.25, 0.3) is 0 Å². The van der Waals surface area contributed by atoms with E-state index in [2.05, 4.69) is 4.98 Å². The van der Waals surface area contributed by atoms with Gasteiger partial charge in [-0.05, 0) is 43.2 Å². The van der Waals surface area contributed by atoms with Gasteiger partial charge in [-0.1, -0.05) is 66.2 Å². The number of carbonyl (C=O) groups is 1. The van der Waals surface area contributed by atoms with Crippen molar-refractivity contribution in [2.24, 2.45) is 18.7 Å². The van der Waals surface area contributed by atoms with Crippen molar-refractivity contribution in [3.05, 3.63) is 63.9 Å². The van der Waals surface area contributed by atoms with E-state index in [-0.39, 0.29) is 11.8 Å². The lowest BCUT2D eigenvalue weighted by Gasteiger charge is -2.17. The third-order valence-electron chi connectivity index (χ3n) is 5.25. The van der Waals surface area contributed by atoms with Gasteiger partial charge in [-0.25, -0.2) is 4.98 Å². The van der Waals surface area contributed by atoms with Gasteiger partial charge in [-0.3, -0.25) is 4.79 Å². The van der Waals surface area contributed by atoms with E-state index in [1.54, 1.807) is 12.4 Å². The number of benzene rings is 2. The molecule has 2 aromatic carbocycles. The van der Waals surface area contributed by atoms with Crippen LogP contribution in [-0.2, 0) is 11.8 Å². The molecule has 3 aromatic rings. The summed E-state index contributed by atoms with van der Waals surface area (Å²) in [4.78, 5) is 15.1. The maximum atomic E-state index is 10.6. The first-order chi connectivity index (χ1) is 14.4. The number of imidazole rings is 1. The Morgan fingerprint density at radius 3 is 2.20 bits per heavy atom. The minimum atomic E-state index is -0.102. The molecule has 0 unspecified atom stereocenters. The lowest BCUT2D eigenvalue weighted by molar-refractivity contribution is -0.122. The first-order valence-corrected chi connectivity index (χ1v) is 11.0. The van der Waals surface area contributed by atoms with Crippen molar-refractivity contribution in [2.45, 2.75) is 32.1 Å². The molecule has 1 heterocycles. The Morgan fingerprint density at radius 2 is 1.63 bits per heavy atom. The van der Waals surface area contributed by atoms with Crippen LogP contribution in [0.25, 0.3) is 22.5 Å². The van der Waals surface area contributed by atoms with Gasteiger partial charge >= 0.3 is 0 Å². The summed E-state index contributed by atoms with van der Waals surface area (Å²) < 4.78 is 1.94. The minimum Gasteiger partial charge on any atom is -0.369 e. The fourth-order valence-electron chi connectivity index (χ4n) is 3.64. The summed E-state index contributed by atoms with van der Waals surface area (Å²) in [6, 6.07) is 13.0. The topological polar surface area (TPSA) is 60.9 Å². The van der Waals surface area contributed by atoms with Gasteiger partial charge in [0.05, 0.1) is 22.7 Å². The minimum absolute atomic E-state index is 0.102. The number of hydrogen-bond donors (Lipinski definition) is 1. The van der Waals surface area contributed by atoms with Crippen molar-refractivity contribution in [1.29, 1.82) is 0 Å². The van der Waals surface area contributed by atoms with Crippen LogP contribution in [0.2, 0.25) is 15.1 Å². The van der Waals surface area contributed by atoms with Gasteiger partial charge in [-0.15, -0.1) is 0 Å². The van der Waals surface area contributed by atoms with E-state index in [0.717, 1.165) is 35.4 Å². The second-order valence-electron chi connectivity index (χ2n) is 7.42. The summed E-state index contributed by atoms with van der Waals surface area (Å²) >= 11 is 18.2. The standard InChI is InChI=1S/C16H11Cl3N2.C7H13NO/c1-21-9-20-15(10-2-4-11(17)5-3-10)16(21)13-7-6-12(18)8-14(13)19;8-7(9)6-4-2-1-3-5-6/h2-9H,1H3;6H,1-5H2,(H2,8,9). The van der Waals surface area contributed by atoms with Crippen LogP contribution in [0.1, 0.15) is 32.1 Å². The monoisotopic (exact) mass is 463 g/mol. The maximum Gasteiger partial charge on any atom is 0.220 e. The van der Waals surface area contributed by atoms with Crippen molar-refractivity contribution >= 4 is 40.7 Å². The number of carbonyl (C=O) groups excluding carboxylic acids is 1. The predicted molar refractivity (Wildman–Crippen MR) is 125 cm³/mol. The van der Waals surface area contributed by atoms with E-state index in [0.29, 0.717) is 15.1 Å². The van der Waals surface area contributed by atoms with E-state index in [4.69, 9.17) is 40.5 Å². The highest BCUT2D eigenvalue weighted by Gasteiger charge is 2.18. The van der Waals surface area contributed by atoms with Crippen LogP contribution < -0.4 is 5.73 Å². The summed E-state index contributed by atoms with van der Waals surface area (Å²) in [7, 11) is 1.94. The van der Waals surface area contributed by atoms with Crippen molar-refractivity contribution in [1.82, 2.24) is 9.55 Å². The Balaban J connectivity index is 0.000000239. The zero-order valence-corrected chi connectivity index (χ0v) is 19.0. The molecule has 1 aliphatic carbocycles. The third kappa shape index (κ3) is 5.57. The van der Waals surface area contributed by atoms with Crippen LogP contribution in [0.15, 0.2) is 48.8 Å². The highest BCUT2D eigenvalue weighted by atomic mass is 35.5. The molecule has 2 N–H and O–H groups in total. The molecule has 4 nitrogen and oxygen atoms in total. The summed E-state index contributed by atoms with van der Waals surface area (Å²) in [6.07, 6.45) is 7.47. The first kappa shape index (κ1) is 22.7. The molecular formula is C23H24Cl3N3O. The van der Waals surface area contributed by atoms with E-state index in [1.165, 1.54) is 19.3 Å². The fourth-order valence-corrected chi connectivity index (χ4v) is 4.26. The molecular weight excluding hydrogens is 441 g/mol. The summed E-state index contributed by atoms with van der Waals surface area (Å²) in [6.45, 7) is 0. The van der Waals surface area contributed by atoms with Crippen LogP contribution in [0, 0.1) is 5.92 Å². The summed E-state index contributed by atoms with van der Waals surface area (Å²) in [5.74, 6) is 0.0912. The van der Waals surface area contributed by atoms with Gasteiger partial charge < -0.3 is 10.3 Å². The van der Waals surface area contributed by atoms with Crippen molar-refractivity contribution < 1.29 is 4.79 Å². The van der Waals surface area contributed by atoms with Crippen molar-refractivity contribution in [3.63, 3.8) is 0 Å². The predicted octanol–water partition coefficient (Wildman–Crippen LogP) is 6.77. The second-order valence-corrected chi connectivity index (χ2v) is 8.70. The molecule has 1 fully saturated rings. The van der Waals surface area contributed by atoms with Crippen LogP contribution in [0.3, 0.4) is 0 Å². The number of amides is 1. The Kier molecular flexibility index (Phi) is 7.81. The Morgan fingerprint density at radius 1 is 1.00 bits per heavy atom. The Labute approximate surface area is 192 Å². The fraction of sp³-hybridized carbons (Fsp3) is 0.304. The first-order valence-electron chi connectivity index (χ1n) is 9.89. The summed E-state index contributed by atoms with van der Waals surface area (Å²) in [5.41, 5.74) is 8.81. The third-order valence-corrected chi connectivity index (χ3v) is 6.05. The number of hydrogen-bond acceptors (Lipinski definition) is 2. The number of nitrogens with two attached hydrogens (primary N) is 1. The largest absolute Gasteiger partial charge is 0.369 e. The average Bonchev–Trinajstić information content (AvgIpc) is 3.11. The van der Waals surface area contributed by atoms with E-state index >= 15 is 0 Å². The number of nitrogens with zero attached hydrogens (tertiary/aromatic N) is 2. The normalized spacial score (nSPS) is 14.1. The second kappa shape index (κ2) is 10.3. The van der Waals surface area contributed by atoms with Crippen molar-refractivity contribution in [3.8, 4) is 22.5 Å². The molecule has 1 amide bonds. The van der Waals surface area contributed by atoms with E-state index < -0.39 is 0 Å². The molecule has 4 rings (SSSR count). The average molecular weight is 465 g/mol. The van der Waals surface area contributed by atoms with Gasteiger partial charge in [0, 0.05) is 34.1 Å². The molecule has 0 aliphatic heterocycles. The lowest BCUT2D eigenvalue weighted by atomic mass is 9.89. The molecule has 0 bridgehead atoms. The molecule has 1 aromatic heterocycles. The van der Waals surface area contributed by atoms with E-state index in [9.17, 15) is 4.79 Å². The molecule has 158 valence electrons. The molecule has 1 aliphatic rings. The molecule has 0 radical (unpaired) electrons. The van der Waals surface area contributed by atoms with Crippen molar-refractivity contribution in [2.75, 3.05) is 0 Å². The number of rotatable bonds is 3. The smallest absolute Gasteiger partial charge is 0.220 e. The molecule has 30 heavy (non-hydrogen) atoms. The number of halogens is 3. The molecule has 7 heteroatoms. The van der Waals surface area contributed by atoms with Gasteiger partial charge in [0.15, 0.2) is 0 Å². The SMILES string of the molecule is Cn1cnc(-c2ccc(Cl)cc2)c1-c1ccc(Cl)cc1Cl.NC(=O)C1CCCCC1. The quantitative estimate of drug-likeness (QED) is 0.465. The number of aromatic nitrogens is 2. The summed E-state index contributed by atoms with van der Waals surface area (Å²) in [5, 5.41) is 1.90. The van der Waals surface area contributed by atoms with Crippen LogP contribution in [-0.4, -0.2) is 15.5 Å². The van der Waals surface area contributed by atoms with Crippen LogP contribution in [0.4, 0.5) is 0 Å². The lowest BCUT2D eigenvalue weighted by Crippen LogP contribution is -2.24. The molecule has 0 atom stereocenters. The zero-order chi connectivity index (χ0) is 21.7. The highest BCUT2D eigenvalue weighted by Crippen LogP contribution is 2.36. The molecule has 0 saturated heterocycles. The zero-order valence-electron chi connectivity index (χ0n) is 16.7. The van der Waals surface area contributed by atoms with Gasteiger partial charge in [0.2, 0.25) is 5.91 Å². The molecule has 0 spiro atoms. The van der Waals surface area contributed by atoms with Crippen LogP contribution >= 0.6 is 34.8 Å². The number of primary amides is 1. The number of aryl methyl sites for hydroxylation is 1.